The van der Waals surface area contributed by atoms with Gasteiger partial charge in [0.2, 0.25) is 5.91 Å². The molecule has 0 radical (unpaired) electrons. The molecule has 2 atom stereocenters. The highest BCUT2D eigenvalue weighted by molar-refractivity contribution is 5.81. The van der Waals surface area contributed by atoms with Crippen molar-refractivity contribution in [2.45, 2.75) is 292 Å². The van der Waals surface area contributed by atoms with Gasteiger partial charge < -0.3 is 20.5 Å². The smallest absolute Gasteiger partial charge is 0.245 e. The minimum absolute atomic E-state index is 0.0816. The lowest BCUT2D eigenvalue weighted by Gasteiger charge is -2.32. The number of nitrogens with one attached hydrogen (secondary N) is 1. The highest BCUT2D eigenvalue weighted by Gasteiger charge is 2.30. The van der Waals surface area contributed by atoms with Gasteiger partial charge in [0.15, 0.2) is 0 Å². The Kier molecular flexibility index (Phi) is 37.0. The number of carbonyl (C=O) groups is 4. The van der Waals surface area contributed by atoms with Gasteiger partial charge in [-0.15, -0.1) is 5.10 Å². The molecule has 0 aliphatic heterocycles. The van der Waals surface area contributed by atoms with E-state index in [9.17, 15) is 19.2 Å². The molecule has 1 aromatic heterocycles. The highest BCUT2D eigenvalue weighted by atomic mass is 16.5. The van der Waals surface area contributed by atoms with Crippen LogP contribution in [0.25, 0.3) is 0 Å². The van der Waals surface area contributed by atoms with E-state index >= 15 is 0 Å². The summed E-state index contributed by atoms with van der Waals surface area (Å²) in [6.45, 7) is 43.9. The summed E-state index contributed by atoms with van der Waals surface area (Å²) in [5, 5.41) is 11.3. The van der Waals surface area contributed by atoms with Crippen molar-refractivity contribution in [3.63, 3.8) is 0 Å². The quantitative estimate of drug-likeness (QED) is 0.0642. The number of ether oxygens (including phenoxy) is 2. The molecule has 1 aliphatic carbocycles. The summed E-state index contributed by atoms with van der Waals surface area (Å²) < 4.78 is 12.0. The molecule has 0 bridgehead atoms. The van der Waals surface area contributed by atoms with Crippen LogP contribution in [-0.4, -0.2) is 78.3 Å². The third-order valence-corrected chi connectivity index (χ3v) is 15.2. The molecule has 0 aromatic carbocycles. The normalized spacial score (nSPS) is 16.4. The Morgan fingerprint density at radius 3 is 1.57 bits per heavy atom. The van der Waals surface area contributed by atoms with E-state index in [1.54, 1.807) is 7.11 Å². The number of methoxy groups -OCH3 is 1. The first-order valence-corrected chi connectivity index (χ1v) is 31.0. The van der Waals surface area contributed by atoms with Crippen molar-refractivity contribution in [3.8, 4) is 0 Å². The summed E-state index contributed by atoms with van der Waals surface area (Å²) >= 11 is 0. The number of aromatic nitrogens is 3. The van der Waals surface area contributed by atoms with Gasteiger partial charge in [0.1, 0.15) is 24.0 Å². The first kappa shape index (κ1) is 74.5. The van der Waals surface area contributed by atoms with E-state index in [4.69, 9.17) is 15.2 Å². The van der Waals surface area contributed by atoms with Gasteiger partial charge in [0.25, 0.3) is 0 Å². The number of ketones is 3. The van der Waals surface area contributed by atoms with Gasteiger partial charge in [-0.3, -0.25) is 23.9 Å². The number of carbonyl (C=O) groups excluding carboxylic acids is 4. The van der Waals surface area contributed by atoms with Crippen LogP contribution >= 0.6 is 0 Å². The van der Waals surface area contributed by atoms with Crippen molar-refractivity contribution in [2.24, 2.45) is 61.9 Å². The zero-order chi connectivity index (χ0) is 58.9. The standard InChI is InChI=1S/C25H49NO4.C21H37N3O.C20H41NO/c1-24(2,3)15-11-8-9-14-22(27)19-21(25(4,5)6)13-10-12-16-26-23(28)20-30-18-17-29-7;1-20(2,3)13-16-7-9-17(10-8-16)19(25)12-11-18-14-24(23-22-18)15-21(4,5)6;1-19(2,3)14-10-7-8-13-18(22)16-17(20(4,5)6)12-9-11-15-21/h21H,8-20H2,1-7H3,(H,26,28);14,16-17H,7-13,15H2,1-6H3;17H,7-16,21H2,1-6H3/t21-;;17-/m1.1/s1. The summed E-state index contributed by atoms with van der Waals surface area (Å²) in [7, 11) is 1.61. The molecule has 1 heterocycles. The van der Waals surface area contributed by atoms with Crippen LogP contribution in [0.1, 0.15) is 284 Å². The van der Waals surface area contributed by atoms with Gasteiger partial charge >= 0.3 is 0 Å². The maximum absolute atomic E-state index is 12.5. The molecule has 0 unspecified atom stereocenters. The molecule has 1 aromatic rings. The van der Waals surface area contributed by atoms with Crippen LogP contribution in [0.2, 0.25) is 0 Å². The molecule has 1 amide bonds. The Balaban J connectivity index is 0.00000114. The van der Waals surface area contributed by atoms with Crippen molar-refractivity contribution < 1.29 is 28.7 Å². The van der Waals surface area contributed by atoms with Crippen LogP contribution in [0.5, 0.6) is 0 Å². The Bertz CT molecular complexity index is 1700. The average molecular weight is 1090 g/mol. The van der Waals surface area contributed by atoms with E-state index in [0.29, 0.717) is 78.0 Å². The zero-order valence-corrected chi connectivity index (χ0v) is 54.2. The maximum Gasteiger partial charge on any atom is 0.245 e. The third-order valence-electron chi connectivity index (χ3n) is 15.2. The summed E-state index contributed by atoms with van der Waals surface area (Å²) in [4.78, 5) is 49.0. The van der Waals surface area contributed by atoms with Crippen LogP contribution in [0, 0.1) is 56.2 Å². The average Bonchev–Trinajstić information content (AvgIpc) is 3.73. The second-order valence-corrected chi connectivity index (χ2v) is 30.4. The maximum atomic E-state index is 12.5. The number of rotatable bonds is 34. The Morgan fingerprint density at radius 2 is 1.13 bits per heavy atom. The van der Waals surface area contributed by atoms with Crippen molar-refractivity contribution in [2.75, 3.05) is 40.0 Å². The number of hydrogen-bond acceptors (Lipinski definition) is 9. The fourth-order valence-electron chi connectivity index (χ4n) is 10.4. The molecule has 11 nitrogen and oxygen atoms in total. The molecule has 1 fully saturated rings. The topological polar surface area (TPSA) is 156 Å². The minimum atomic E-state index is -0.0832. The number of unbranched alkanes of at least 4 members (excludes halogenated alkanes) is 6. The second kappa shape index (κ2) is 38.2. The van der Waals surface area contributed by atoms with E-state index in [2.05, 4.69) is 140 Å². The second-order valence-electron chi connectivity index (χ2n) is 30.4. The lowest BCUT2D eigenvalue weighted by molar-refractivity contribution is -0.126. The third kappa shape index (κ3) is 43.9. The fraction of sp³-hybridized carbons (Fsp3) is 0.909. The molecule has 0 saturated heterocycles. The van der Waals surface area contributed by atoms with E-state index in [0.717, 1.165) is 121 Å². The van der Waals surface area contributed by atoms with Gasteiger partial charge in [-0.25, -0.2) is 0 Å². The van der Waals surface area contributed by atoms with E-state index < -0.39 is 0 Å². The van der Waals surface area contributed by atoms with Crippen LogP contribution in [-0.2, 0) is 41.6 Å². The lowest BCUT2D eigenvalue weighted by Crippen LogP contribution is -2.29. The molecule has 0 spiro atoms. The molecule has 2 rings (SSSR count). The molecular formula is C66H127N5O6. The van der Waals surface area contributed by atoms with Gasteiger partial charge in [0, 0.05) is 70.8 Å². The summed E-state index contributed by atoms with van der Waals surface area (Å²) in [5.74, 6) is 3.20. The molecule has 11 heteroatoms. The molecule has 1 saturated carbocycles. The number of nitrogens with zero attached hydrogens (tertiary/aromatic N) is 3. The van der Waals surface area contributed by atoms with Gasteiger partial charge in [0.05, 0.1) is 18.9 Å². The number of hydrogen-bond donors (Lipinski definition) is 2. The number of nitrogens with two attached hydrogens (primary N) is 1. The SMILES string of the molecule is CC(C)(C)CC1CCC(C(=O)CCc2cn(CC(C)(C)C)nn2)CC1.CC(C)(C)CCCCCC(=O)C[C@@H](CCCCN)C(C)(C)C.COCCOCC(=O)NCCCC[C@H](CC(=O)CCCCCC(C)(C)C)C(C)(C)C. The van der Waals surface area contributed by atoms with Gasteiger partial charge in [-0.2, -0.15) is 0 Å². The number of aryl methyl sites for hydroxylation is 1. The first-order valence-electron chi connectivity index (χ1n) is 31.0. The Hall–Kier alpha value is -2.50. The van der Waals surface area contributed by atoms with Crippen molar-refractivity contribution >= 4 is 23.3 Å². The molecule has 77 heavy (non-hydrogen) atoms. The van der Waals surface area contributed by atoms with Crippen LogP contribution in [0.4, 0.5) is 0 Å². The number of amides is 1. The highest BCUT2D eigenvalue weighted by Crippen LogP contribution is 2.38. The van der Waals surface area contributed by atoms with Crippen molar-refractivity contribution in [1.29, 1.82) is 0 Å². The summed E-state index contributed by atoms with van der Waals surface area (Å²) in [6, 6.07) is 0. The van der Waals surface area contributed by atoms with E-state index in [-0.39, 0.29) is 34.7 Å². The van der Waals surface area contributed by atoms with Crippen LogP contribution in [0.15, 0.2) is 6.20 Å². The van der Waals surface area contributed by atoms with Crippen LogP contribution in [0.3, 0.4) is 0 Å². The van der Waals surface area contributed by atoms with Gasteiger partial charge in [-0.1, -0.05) is 168 Å². The lowest BCUT2D eigenvalue weighted by atomic mass is 9.73. The molecule has 452 valence electrons. The monoisotopic (exact) mass is 1090 g/mol. The van der Waals surface area contributed by atoms with Crippen LogP contribution < -0.4 is 11.1 Å². The molecular weight excluding hydrogens is 959 g/mol. The minimum Gasteiger partial charge on any atom is -0.382 e. The first-order chi connectivity index (χ1) is 35.5. The summed E-state index contributed by atoms with van der Waals surface area (Å²) in [6.07, 6.45) is 27.8. The van der Waals surface area contributed by atoms with E-state index in [1.807, 2.05) is 10.9 Å². The fourth-order valence-corrected chi connectivity index (χ4v) is 10.4. The van der Waals surface area contributed by atoms with Crippen molar-refractivity contribution in [1.82, 2.24) is 20.3 Å². The zero-order valence-electron chi connectivity index (χ0n) is 54.2. The predicted octanol–water partition coefficient (Wildman–Crippen LogP) is 16.4. The summed E-state index contributed by atoms with van der Waals surface area (Å²) in [5.41, 5.74) is 8.27. The Labute approximate surface area is 475 Å². The number of Topliss-reactive ketones (excluding diaryl/α,β-unsaturated/α-hetero) is 3. The molecule has 3 N–H and O–H groups in total. The largest absolute Gasteiger partial charge is 0.382 e. The van der Waals surface area contributed by atoms with Crippen molar-refractivity contribution in [3.05, 3.63) is 11.9 Å². The van der Waals surface area contributed by atoms with E-state index in [1.165, 1.54) is 51.4 Å². The Morgan fingerprint density at radius 1 is 0.623 bits per heavy atom. The predicted molar refractivity (Wildman–Crippen MR) is 325 cm³/mol. The molecule has 1 aliphatic rings. The van der Waals surface area contributed by atoms with Gasteiger partial charge in [-0.05, 0) is 140 Å².